The zero-order valence-corrected chi connectivity index (χ0v) is 15.7. The average Bonchev–Trinajstić information content (AvgIpc) is 3.14. The van der Waals surface area contributed by atoms with Crippen LogP contribution in [0.4, 0.5) is 0 Å². The quantitative estimate of drug-likeness (QED) is 0.802. The Kier molecular flexibility index (Phi) is 5.59. The van der Waals surface area contributed by atoms with E-state index >= 15 is 0 Å². The smallest absolute Gasteiger partial charge is 0.237 e. The molecule has 3 heterocycles. The van der Waals surface area contributed by atoms with Gasteiger partial charge in [-0.05, 0) is 37.3 Å². The molecule has 1 unspecified atom stereocenters. The SMILES string of the molecule is CS(=O)(=O)N1CCCN(CC(=O)N2CCCC2c2cccs2)CC1. The summed E-state index contributed by atoms with van der Waals surface area (Å²) in [6.07, 6.45) is 4.11. The molecule has 0 aromatic carbocycles. The molecule has 3 rings (SSSR count). The van der Waals surface area contributed by atoms with Crippen LogP contribution < -0.4 is 0 Å². The number of likely N-dealkylation sites (tertiary alicyclic amines) is 1. The van der Waals surface area contributed by atoms with E-state index in [0.717, 1.165) is 32.4 Å². The molecule has 134 valence electrons. The maximum Gasteiger partial charge on any atom is 0.237 e. The van der Waals surface area contributed by atoms with Crippen LogP contribution in [0.5, 0.6) is 0 Å². The second-order valence-corrected chi connectivity index (χ2v) is 9.51. The van der Waals surface area contributed by atoms with Crippen molar-refractivity contribution in [2.75, 3.05) is 45.5 Å². The van der Waals surface area contributed by atoms with Crippen LogP contribution in [-0.4, -0.2) is 74.0 Å². The molecule has 2 aliphatic rings. The molecule has 2 saturated heterocycles. The topological polar surface area (TPSA) is 60.9 Å². The van der Waals surface area contributed by atoms with E-state index in [-0.39, 0.29) is 11.9 Å². The fourth-order valence-electron chi connectivity index (χ4n) is 3.56. The third-order valence-corrected chi connectivity index (χ3v) is 7.10. The maximum absolute atomic E-state index is 12.8. The van der Waals surface area contributed by atoms with Crippen molar-refractivity contribution in [3.63, 3.8) is 0 Å². The fraction of sp³-hybridized carbons (Fsp3) is 0.688. The van der Waals surface area contributed by atoms with E-state index < -0.39 is 10.0 Å². The Balaban J connectivity index is 1.58. The first-order valence-electron chi connectivity index (χ1n) is 8.45. The van der Waals surface area contributed by atoms with E-state index in [0.29, 0.717) is 26.2 Å². The lowest BCUT2D eigenvalue weighted by atomic mass is 10.2. The zero-order valence-electron chi connectivity index (χ0n) is 14.1. The molecule has 0 bridgehead atoms. The van der Waals surface area contributed by atoms with Crippen LogP contribution in [-0.2, 0) is 14.8 Å². The summed E-state index contributed by atoms with van der Waals surface area (Å²) in [4.78, 5) is 18.1. The molecule has 0 radical (unpaired) electrons. The summed E-state index contributed by atoms with van der Waals surface area (Å²) in [5.41, 5.74) is 0. The first-order chi connectivity index (χ1) is 11.4. The molecule has 1 aromatic rings. The van der Waals surface area contributed by atoms with Gasteiger partial charge in [0.1, 0.15) is 0 Å². The first kappa shape index (κ1) is 17.8. The van der Waals surface area contributed by atoms with Gasteiger partial charge in [0.2, 0.25) is 15.9 Å². The van der Waals surface area contributed by atoms with Crippen molar-refractivity contribution < 1.29 is 13.2 Å². The van der Waals surface area contributed by atoms with Gasteiger partial charge in [0.05, 0.1) is 18.8 Å². The lowest BCUT2D eigenvalue weighted by molar-refractivity contribution is -0.133. The van der Waals surface area contributed by atoms with Crippen molar-refractivity contribution in [3.8, 4) is 0 Å². The van der Waals surface area contributed by atoms with Crippen molar-refractivity contribution in [2.24, 2.45) is 0 Å². The molecule has 0 aliphatic carbocycles. The van der Waals surface area contributed by atoms with Crippen molar-refractivity contribution in [1.82, 2.24) is 14.1 Å². The maximum atomic E-state index is 12.8. The first-order valence-corrected chi connectivity index (χ1v) is 11.2. The summed E-state index contributed by atoms with van der Waals surface area (Å²) >= 11 is 1.71. The summed E-state index contributed by atoms with van der Waals surface area (Å²) < 4.78 is 24.9. The van der Waals surface area contributed by atoms with Crippen molar-refractivity contribution in [1.29, 1.82) is 0 Å². The van der Waals surface area contributed by atoms with E-state index in [2.05, 4.69) is 16.3 Å². The molecule has 6 nitrogen and oxygen atoms in total. The Morgan fingerprint density at radius 3 is 2.75 bits per heavy atom. The summed E-state index contributed by atoms with van der Waals surface area (Å²) in [5.74, 6) is 0.165. The molecule has 24 heavy (non-hydrogen) atoms. The van der Waals surface area contributed by atoms with E-state index in [1.54, 1.807) is 11.3 Å². The zero-order chi connectivity index (χ0) is 17.2. The van der Waals surface area contributed by atoms with Crippen LogP contribution in [0.25, 0.3) is 0 Å². The second-order valence-electron chi connectivity index (χ2n) is 6.55. The minimum absolute atomic E-state index is 0.165. The highest BCUT2D eigenvalue weighted by Crippen LogP contribution is 2.34. The Hall–Kier alpha value is -0.960. The normalized spacial score (nSPS) is 24.2. The lowest BCUT2D eigenvalue weighted by Gasteiger charge is -2.27. The molecule has 1 aromatic heterocycles. The number of sulfonamides is 1. The standard InChI is InChI=1S/C16H25N3O3S2/c1-24(21,22)18-8-4-7-17(10-11-18)13-16(20)19-9-2-5-14(19)15-6-3-12-23-15/h3,6,12,14H,2,4-5,7-11,13H2,1H3. The molecule has 0 saturated carbocycles. The minimum atomic E-state index is -3.14. The molecule has 0 spiro atoms. The van der Waals surface area contributed by atoms with Gasteiger partial charge in [-0.1, -0.05) is 6.07 Å². The Morgan fingerprint density at radius 1 is 1.21 bits per heavy atom. The van der Waals surface area contributed by atoms with Crippen LogP contribution in [0, 0.1) is 0 Å². The molecule has 2 fully saturated rings. The number of hydrogen-bond acceptors (Lipinski definition) is 5. The van der Waals surface area contributed by atoms with E-state index in [4.69, 9.17) is 0 Å². The molecule has 1 atom stereocenters. The third kappa shape index (κ3) is 4.17. The summed E-state index contributed by atoms with van der Waals surface area (Å²) in [6, 6.07) is 4.36. The molecule has 2 aliphatic heterocycles. The minimum Gasteiger partial charge on any atom is -0.334 e. The van der Waals surface area contributed by atoms with Gasteiger partial charge in [-0.3, -0.25) is 9.69 Å². The largest absolute Gasteiger partial charge is 0.334 e. The second kappa shape index (κ2) is 7.51. The molecular formula is C16H25N3O3S2. The molecule has 8 heteroatoms. The molecular weight excluding hydrogens is 346 g/mol. The number of carbonyl (C=O) groups is 1. The van der Waals surface area contributed by atoms with Crippen molar-refractivity contribution >= 4 is 27.3 Å². The van der Waals surface area contributed by atoms with Gasteiger partial charge in [0.15, 0.2) is 0 Å². The van der Waals surface area contributed by atoms with Gasteiger partial charge in [-0.15, -0.1) is 11.3 Å². The molecule has 0 N–H and O–H groups in total. The molecule has 1 amide bonds. The van der Waals surface area contributed by atoms with Gasteiger partial charge in [-0.2, -0.15) is 0 Å². The number of amides is 1. The highest BCUT2D eigenvalue weighted by Gasteiger charge is 2.31. The monoisotopic (exact) mass is 371 g/mol. The van der Waals surface area contributed by atoms with Crippen molar-refractivity contribution in [2.45, 2.75) is 25.3 Å². The number of hydrogen-bond donors (Lipinski definition) is 0. The van der Waals surface area contributed by atoms with Crippen LogP contribution >= 0.6 is 11.3 Å². The van der Waals surface area contributed by atoms with Crippen LogP contribution in [0.15, 0.2) is 17.5 Å². The number of nitrogens with zero attached hydrogens (tertiary/aromatic N) is 3. The Bertz CT molecular complexity index is 660. The van der Waals surface area contributed by atoms with Gasteiger partial charge >= 0.3 is 0 Å². The number of rotatable bonds is 4. The predicted octanol–water partition coefficient (Wildman–Crippen LogP) is 1.38. The average molecular weight is 372 g/mol. The summed E-state index contributed by atoms with van der Waals surface area (Å²) in [5, 5.41) is 2.06. The lowest BCUT2D eigenvalue weighted by Crippen LogP contribution is -2.41. The number of carbonyl (C=O) groups excluding carboxylic acids is 1. The highest BCUT2D eigenvalue weighted by molar-refractivity contribution is 7.88. The van der Waals surface area contributed by atoms with E-state index in [1.165, 1.54) is 15.4 Å². The van der Waals surface area contributed by atoms with E-state index in [9.17, 15) is 13.2 Å². The predicted molar refractivity (Wildman–Crippen MR) is 95.5 cm³/mol. The van der Waals surface area contributed by atoms with Gasteiger partial charge in [-0.25, -0.2) is 12.7 Å². The van der Waals surface area contributed by atoms with Crippen molar-refractivity contribution in [3.05, 3.63) is 22.4 Å². The van der Waals surface area contributed by atoms with Crippen LogP contribution in [0.3, 0.4) is 0 Å². The summed E-state index contributed by atoms with van der Waals surface area (Å²) in [7, 11) is -3.14. The van der Waals surface area contributed by atoms with Crippen LogP contribution in [0.2, 0.25) is 0 Å². The van der Waals surface area contributed by atoms with Gasteiger partial charge in [0.25, 0.3) is 0 Å². The Labute approximate surface area is 148 Å². The van der Waals surface area contributed by atoms with Gasteiger partial charge in [0, 0.05) is 31.1 Å². The van der Waals surface area contributed by atoms with Gasteiger partial charge < -0.3 is 4.90 Å². The number of thiophene rings is 1. The fourth-order valence-corrected chi connectivity index (χ4v) is 5.31. The van der Waals surface area contributed by atoms with E-state index in [1.807, 2.05) is 11.0 Å². The Morgan fingerprint density at radius 2 is 2.04 bits per heavy atom. The summed E-state index contributed by atoms with van der Waals surface area (Å²) in [6.45, 7) is 3.63. The highest BCUT2D eigenvalue weighted by atomic mass is 32.2. The van der Waals surface area contributed by atoms with Crippen LogP contribution in [0.1, 0.15) is 30.2 Å². The third-order valence-electron chi connectivity index (χ3n) is 4.82.